The fourth-order valence-corrected chi connectivity index (χ4v) is 11.2. The molecule has 7 rings (SSSR count). The van der Waals surface area contributed by atoms with Gasteiger partial charge in [-0.05, 0) is 78.5 Å². The van der Waals surface area contributed by atoms with Crippen LogP contribution in [0.3, 0.4) is 0 Å². The highest BCUT2D eigenvalue weighted by atomic mass is 32.2. The molecule has 3 heterocycles. The Morgan fingerprint density at radius 2 is 1.77 bits per heavy atom. The van der Waals surface area contributed by atoms with Gasteiger partial charge in [0.05, 0.1) is 24.0 Å². The number of thiazole rings is 1. The van der Waals surface area contributed by atoms with Gasteiger partial charge in [-0.2, -0.15) is 0 Å². The van der Waals surface area contributed by atoms with Crippen LogP contribution >= 0.6 is 23.1 Å². The number of hydrogen-bond acceptors (Lipinski definition) is 9. The number of anilines is 1. The molecule has 3 amide bonds. The Labute approximate surface area is 279 Å². The van der Waals surface area contributed by atoms with E-state index in [1.165, 1.54) is 0 Å². The number of ether oxygens (including phenoxy) is 2. The summed E-state index contributed by atoms with van der Waals surface area (Å²) in [5.41, 5.74) is 1.51. The number of aromatic nitrogens is 1. The number of likely N-dealkylation sites (tertiary alicyclic amines) is 1. The van der Waals surface area contributed by atoms with Crippen molar-refractivity contribution >= 4 is 52.5 Å². The summed E-state index contributed by atoms with van der Waals surface area (Å²) in [6.07, 6.45) is 0.900. The van der Waals surface area contributed by atoms with Crippen molar-refractivity contribution in [2.75, 3.05) is 19.0 Å². The van der Waals surface area contributed by atoms with E-state index in [-0.39, 0.29) is 70.5 Å². The number of carboxylic acids is 1. The molecule has 11 nitrogen and oxygen atoms in total. The number of benzene rings is 2. The highest BCUT2D eigenvalue weighted by Crippen LogP contribution is 2.68. The second kappa shape index (κ2) is 12.2. The molecule has 2 bridgehead atoms. The topological polar surface area (TPSA) is 155 Å². The largest absolute Gasteiger partial charge is 0.497 e. The Kier molecular flexibility index (Phi) is 8.15. The minimum absolute atomic E-state index is 0.00722. The fourth-order valence-electron chi connectivity index (χ4n) is 8.30. The number of nitrogens with zero attached hydrogens (tertiary/aromatic N) is 1. The van der Waals surface area contributed by atoms with Crippen molar-refractivity contribution in [2.24, 2.45) is 35.5 Å². The van der Waals surface area contributed by atoms with Crippen molar-refractivity contribution in [3.63, 3.8) is 0 Å². The summed E-state index contributed by atoms with van der Waals surface area (Å²) in [6.45, 7) is 3.55. The van der Waals surface area contributed by atoms with Gasteiger partial charge in [-0.3, -0.25) is 24.1 Å². The number of thioether (sulfide) groups is 1. The van der Waals surface area contributed by atoms with Gasteiger partial charge in [0.25, 0.3) is 5.91 Å². The first-order valence-corrected chi connectivity index (χ1v) is 17.4. The van der Waals surface area contributed by atoms with E-state index in [1.807, 2.05) is 32.0 Å². The van der Waals surface area contributed by atoms with Crippen LogP contribution in [-0.4, -0.2) is 63.7 Å². The van der Waals surface area contributed by atoms with E-state index in [2.05, 4.69) is 10.3 Å². The maximum Gasteiger partial charge on any atom is 0.326 e. The number of H-pyrrole nitrogens is 1. The lowest BCUT2D eigenvalue weighted by Crippen LogP contribution is -2.47. The van der Waals surface area contributed by atoms with Crippen LogP contribution in [0.15, 0.2) is 58.4 Å². The summed E-state index contributed by atoms with van der Waals surface area (Å²) in [5.74, 6) is -2.76. The summed E-state index contributed by atoms with van der Waals surface area (Å²) in [7, 11) is 1.57. The Bertz CT molecular complexity index is 1800. The van der Waals surface area contributed by atoms with Crippen molar-refractivity contribution in [2.45, 2.75) is 48.9 Å². The molecule has 2 aromatic carbocycles. The molecular formula is C34H35N3O8S2. The minimum atomic E-state index is -1.18. The number of hydrogen-bond donors (Lipinski definition) is 3. The summed E-state index contributed by atoms with van der Waals surface area (Å²) >= 11 is 2.73. The molecule has 2 saturated carbocycles. The van der Waals surface area contributed by atoms with Crippen molar-refractivity contribution in [3.05, 3.63) is 68.6 Å². The molecule has 1 aromatic heterocycles. The number of carbonyl (C=O) groups excluding carboxylic acids is 3. The minimum Gasteiger partial charge on any atom is -0.497 e. The fraction of sp³-hybridized carbons (Fsp3) is 0.441. The summed E-state index contributed by atoms with van der Waals surface area (Å²) in [4.78, 5) is 70.1. The number of aromatic amines is 1. The average Bonchev–Trinajstić information content (AvgIpc) is 3.78. The lowest BCUT2D eigenvalue weighted by atomic mass is 9.68. The molecule has 0 spiro atoms. The quantitative estimate of drug-likeness (QED) is 0.264. The van der Waals surface area contributed by atoms with Crippen LogP contribution in [-0.2, 0) is 19.2 Å². The van der Waals surface area contributed by atoms with Crippen LogP contribution < -0.4 is 19.7 Å². The van der Waals surface area contributed by atoms with E-state index in [9.17, 15) is 29.1 Å². The molecule has 3 N–H and O–H groups in total. The number of amides is 3. The molecule has 1 saturated heterocycles. The second-order valence-electron chi connectivity index (χ2n) is 13.1. The van der Waals surface area contributed by atoms with Gasteiger partial charge in [0.15, 0.2) is 6.61 Å². The van der Waals surface area contributed by atoms with Gasteiger partial charge in [0.2, 0.25) is 11.8 Å². The van der Waals surface area contributed by atoms with Gasteiger partial charge in [0.1, 0.15) is 17.5 Å². The zero-order valence-electron chi connectivity index (χ0n) is 26.0. The third-order valence-corrected chi connectivity index (χ3v) is 12.6. The molecule has 246 valence electrons. The van der Waals surface area contributed by atoms with Crippen LogP contribution in [0.2, 0.25) is 0 Å². The van der Waals surface area contributed by atoms with Crippen molar-refractivity contribution in [3.8, 4) is 11.5 Å². The van der Waals surface area contributed by atoms with Crippen molar-refractivity contribution < 1.29 is 33.8 Å². The van der Waals surface area contributed by atoms with E-state index in [4.69, 9.17) is 9.47 Å². The van der Waals surface area contributed by atoms with E-state index in [0.717, 1.165) is 31.7 Å². The van der Waals surface area contributed by atoms with E-state index < -0.39 is 23.8 Å². The first-order valence-electron chi connectivity index (χ1n) is 15.7. The zero-order valence-corrected chi connectivity index (χ0v) is 27.6. The van der Waals surface area contributed by atoms with Crippen LogP contribution in [0.1, 0.15) is 43.0 Å². The van der Waals surface area contributed by atoms with Gasteiger partial charge in [-0.1, -0.05) is 37.3 Å². The van der Waals surface area contributed by atoms with Crippen LogP contribution in [0, 0.1) is 35.5 Å². The maximum absolute atomic E-state index is 14.0. The van der Waals surface area contributed by atoms with Gasteiger partial charge in [-0.15, -0.1) is 11.8 Å². The van der Waals surface area contributed by atoms with Crippen LogP contribution in [0.25, 0.3) is 0 Å². The SMILES string of the molecule is COc1ccc(NC(=O)COc2cccc([C@H]3c4sc(=O)[nH]c4SC4C5CC(C6C(=O)N(C(CC(C)C)C(=O)O)C(=O)C56)C43)c2)cc1. The Hall–Kier alpha value is -4.10. The molecule has 0 radical (unpaired) electrons. The van der Waals surface area contributed by atoms with Gasteiger partial charge < -0.3 is 24.9 Å². The van der Waals surface area contributed by atoms with Crippen LogP contribution in [0.5, 0.6) is 11.5 Å². The number of aliphatic carboxylic acids is 1. The summed E-state index contributed by atoms with van der Waals surface area (Å²) < 4.78 is 11.1. The predicted octanol–water partition coefficient (Wildman–Crippen LogP) is 4.44. The predicted molar refractivity (Wildman–Crippen MR) is 175 cm³/mol. The first-order chi connectivity index (χ1) is 22.5. The molecule has 13 heteroatoms. The molecule has 3 aromatic rings. The smallest absolute Gasteiger partial charge is 0.326 e. The van der Waals surface area contributed by atoms with Gasteiger partial charge in [0, 0.05) is 21.7 Å². The molecule has 3 fully saturated rings. The number of carboxylic acid groups (broad SMARTS) is 1. The molecule has 2 aliphatic heterocycles. The van der Waals surface area contributed by atoms with Gasteiger partial charge in [-0.25, -0.2) is 4.79 Å². The number of methoxy groups -OCH3 is 1. The lowest BCUT2D eigenvalue weighted by molar-refractivity contribution is -0.156. The Morgan fingerprint density at radius 1 is 1.04 bits per heavy atom. The van der Waals surface area contributed by atoms with Crippen molar-refractivity contribution in [1.82, 2.24) is 9.88 Å². The molecule has 4 aliphatic rings. The molecular weight excluding hydrogens is 643 g/mol. The molecule has 7 unspecified atom stereocenters. The third kappa shape index (κ3) is 5.42. The number of rotatable bonds is 10. The standard InChI is InChI=1S/C34H35N3O8S2/c1-15(2)11-22(33(41)42)37-31(39)26-20-13-21(27(26)32(37)40)28-25(20)24(29-30(46-28)36-34(43)47-29)16-5-4-6-19(12-16)45-14-23(38)35-17-7-9-18(44-3)10-8-17/h4-10,12,15,20-22,24-28H,11,13-14H2,1-3H3,(H,35,38)(H,36,43)(H,41,42)/t20?,21?,22?,24-,25?,26?,27?,28?/m1/s1. The van der Waals surface area contributed by atoms with Crippen molar-refractivity contribution in [1.29, 1.82) is 0 Å². The highest BCUT2D eigenvalue weighted by Gasteiger charge is 2.70. The summed E-state index contributed by atoms with van der Waals surface area (Å²) in [5, 5.41) is 13.6. The van der Waals surface area contributed by atoms with E-state index in [1.54, 1.807) is 49.2 Å². The Balaban J connectivity index is 1.15. The van der Waals surface area contributed by atoms with E-state index >= 15 is 0 Å². The number of fused-ring (bicyclic) bond motifs is 9. The molecule has 8 atom stereocenters. The monoisotopic (exact) mass is 677 g/mol. The van der Waals surface area contributed by atoms with Gasteiger partial charge >= 0.3 is 10.8 Å². The molecule has 47 heavy (non-hydrogen) atoms. The lowest BCUT2D eigenvalue weighted by Gasteiger charge is -2.43. The zero-order chi connectivity index (χ0) is 33.1. The average molecular weight is 678 g/mol. The van der Waals surface area contributed by atoms with Crippen LogP contribution in [0.4, 0.5) is 5.69 Å². The number of carbonyl (C=O) groups is 4. The Morgan fingerprint density at radius 3 is 2.45 bits per heavy atom. The maximum atomic E-state index is 14.0. The molecule has 2 aliphatic carbocycles. The normalized spacial score (nSPS) is 27.7. The highest BCUT2D eigenvalue weighted by molar-refractivity contribution is 8.00. The van der Waals surface area contributed by atoms with E-state index in [0.29, 0.717) is 23.6 Å². The number of imide groups is 1. The summed E-state index contributed by atoms with van der Waals surface area (Å²) in [6, 6.07) is 13.3. The third-order valence-electron chi connectivity index (χ3n) is 10.0. The first kappa shape index (κ1) is 31.5. The number of nitrogens with one attached hydrogen (secondary N) is 2. The second-order valence-corrected chi connectivity index (χ2v) is 15.3.